The summed E-state index contributed by atoms with van der Waals surface area (Å²) >= 11 is 5.40. The van der Waals surface area contributed by atoms with Crippen LogP contribution in [0.4, 0.5) is 8.78 Å². The lowest BCUT2D eigenvalue weighted by molar-refractivity contribution is 0.0688. The van der Waals surface area contributed by atoms with Crippen molar-refractivity contribution in [2.24, 2.45) is 0 Å². The van der Waals surface area contributed by atoms with Gasteiger partial charge in [-0.1, -0.05) is 11.6 Å². The summed E-state index contributed by atoms with van der Waals surface area (Å²) in [6, 6.07) is 1.94. The first kappa shape index (κ1) is 9.85. The van der Waals surface area contributed by atoms with E-state index in [1.807, 2.05) is 0 Å². The number of alkyl halides is 2. The largest absolute Gasteiger partial charge is 0.477 e. The summed E-state index contributed by atoms with van der Waals surface area (Å²) in [6.07, 6.45) is -2.82. The van der Waals surface area contributed by atoms with Crippen molar-refractivity contribution in [2.75, 3.05) is 0 Å². The van der Waals surface area contributed by atoms with Crippen LogP contribution in [-0.2, 0) is 0 Å². The Balaban J connectivity index is 3.19. The Morgan fingerprint density at radius 3 is 2.62 bits per heavy atom. The molecule has 0 fully saturated rings. The molecule has 1 aromatic heterocycles. The minimum atomic E-state index is -2.82. The Morgan fingerprint density at radius 2 is 2.15 bits per heavy atom. The van der Waals surface area contributed by atoms with Gasteiger partial charge >= 0.3 is 5.97 Å². The zero-order chi connectivity index (χ0) is 10.0. The summed E-state index contributed by atoms with van der Waals surface area (Å²) in [5.74, 6) is -1.38. The Hall–Kier alpha value is -1.23. The minimum absolute atomic E-state index is 0.0669. The lowest BCUT2D eigenvalue weighted by Crippen LogP contribution is -2.03. The van der Waals surface area contributed by atoms with Crippen molar-refractivity contribution in [3.05, 3.63) is 28.5 Å². The number of pyridine rings is 1. The fraction of sp³-hybridized carbons (Fsp3) is 0.143. The van der Waals surface area contributed by atoms with Gasteiger partial charge in [-0.25, -0.2) is 18.6 Å². The molecule has 1 aromatic rings. The molecule has 0 aliphatic carbocycles. The van der Waals surface area contributed by atoms with Gasteiger partial charge in [0.2, 0.25) is 0 Å². The maximum Gasteiger partial charge on any atom is 0.354 e. The first-order valence-corrected chi connectivity index (χ1v) is 3.57. The molecule has 0 amide bonds. The van der Waals surface area contributed by atoms with Crippen LogP contribution >= 0.6 is 11.6 Å². The van der Waals surface area contributed by atoms with Gasteiger partial charge in [0.25, 0.3) is 6.43 Å². The molecule has 13 heavy (non-hydrogen) atoms. The first-order valence-electron chi connectivity index (χ1n) is 3.19. The first-order chi connectivity index (χ1) is 6.00. The quantitative estimate of drug-likeness (QED) is 0.810. The maximum absolute atomic E-state index is 12.1. The highest BCUT2D eigenvalue weighted by molar-refractivity contribution is 6.30. The second-order valence-corrected chi connectivity index (χ2v) is 2.64. The van der Waals surface area contributed by atoms with Crippen molar-refractivity contribution in [1.82, 2.24) is 4.98 Å². The zero-order valence-electron chi connectivity index (χ0n) is 6.17. The molecule has 0 saturated heterocycles. The maximum atomic E-state index is 12.1. The number of hydrogen-bond acceptors (Lipinski definition) is 2. The Labute approximate surface area is 77.0 Å². The lowest BCUT2D eigenvalue weighted by Gasteiger charge is -2.00. The highest BCUT2D eigenvalue weighted by Gasteiger charge is 2.14. The van der Waals surface area contributed by atoms with Gasteiger partial charge < -0.3 is 5.11 Å². The molecular formula is C7H4ClF2NO2. The molecule has 0 aliphatic rings. The number of carboxylic acids is 1. The topological polar surface area (TPSA) is 50.2 Å². The van der Waals surface area contributed by atoms with Crippen LogP contribution in [-0.4, -0.2) is 16.1 Å². The van der Waals surface area contributed by atoms with Gasteiger partial charge in [0.1, 0.15) is 11.4 Å². The molecule has 0 atom stereocenters. The number of hydrogen-bond donors (Lipinski definition) is 1. The third-order valence-electron chi connectivity index (χ3n) is 1.25. The molecule has 0 radical (unpaired) electrons. The second-order valence-electron chi connectivity index (χ2n) is 2.20. The van der Waals surface area contributed by atoms with Gasteiger partial charge in [0.05, 0.1) is 0 Å². The van der Waals surface area contributed by atoms with Crippen LogP contribution in [0.2, 0.25) is 5.02 Å². The van der Waals surface area contributed by atoms with Crippen molar-refractivity contribution >= 4 is 17.6 Å². The van der Waals surface area contributed by atoms with Crippen molar-refractivity contribution < 1.29 is 18.7 Å². The van der Waals surface area contributed by atoms with E-state index in [2.05, 4.69) is 4.98 Å². The normalized spacial score (nSPS) is 10.5. The van der Waals surface area contributed by atoms with Gasteiger partial charge in [-0.3, -0.25) is 0 Å². The summed E-state index contributed by atoms with van der Waals surface area (Å²) < 4.78 is 24.2. The van der Waals surface area contributed by atoms with E-state index in [1.54, 1.807) is 0 Å². The van der Waals surface area contributed by atoms with Crippen molar-refractivity contribution in [1.29, 1.82) is 0 Å². The Kier molecular flexibility index (Phi) is 2.77. The van der Waals surface area contributed by atoms with E-state index in [0.717, 1.165) is 12.1 Å². The number of aromatic carboxylic acids is 1. The molecule has 1 N–H and O–H groups in total. The highest BCUT2D eigenvalue weighted by Crippen LogP contribution is 2.20. The molecule has 6 heteroatoms. The van der Waals surface area contributed by atoms with Gasteiger partial charge in [-0.15, -0.1) is 0 Å². The average Bonchev–Trinajstić information content (AvgIpc) is 2.03. The van der Waals surface area contributed by atoms with Gasteiger partial charge in [-0.2, -0.15) is 0 Å². The molecule has 0 aliphatic heterocycles. The predicted octanol–water partition coefficient (Wildman–Crippen LogP) is 2.37. The third-order valence-corrected chi connectivity index (χ3v) is 1.47. The van der Waals surface area contributed by atoms with E-state index in [9.17, 15) is 13.6 Å². The molecule has 70 valence electrons. The van der Waals surface area contributed by atoms with Crippen LogP contribution in [0.25, 0.3) is 0 Å². The molecule has 1 rings (SSSR count). The lowest BCUT2D eigenvalue weighted by atomic mass is 10.3. The molecule has 0 aromatic carbocycles. The van der Waals surface area contributed by atoms with Gasteiger partial charge in [0, 0.05) is 5.02 Å². The SMILES string of the molecule is O=C(O)c1cc(Cl)cc(C(F)F)n1. The van der Waals surface area contributed by atoms with Crippen LogP contribution in [0.1, 0.15) is 22.6 Å². The average molecular weight is 208 g/mol. The van der Waals surface area contributed by atoms with Crippen LogP contribution in [0.5, 0.6) is 0 Å². The number of carboxylic acid groups (broad SMARTS) is 1. The summed E-state index contributed by atoms with van der Waals surface area (Å²) in [4.78, 5) is 13.6. The number of rotatable bonds is 2. The molecule has 3 nitrogen and oxygen atoms in total. The molecule has 0 saturated carbocycles. The molecular weight excluding hydrogens is 204 g/mol. The van der Waals surface area contributed by atoms with Crippen molar-refractivity contribution in [2.45, 2.75) is 6.43 Å². The molecule has 0 unspecified atom stereocenters. The smallest absolute Gasteiger partial charge is 0.354 e. The van der Waals surface area contributed by atoms with E-state index in [4.69, 9.17) is 16.7 Å². The Morgan fingerprint density at radius 1 is 1.54 bits per heavy atom. The highest BCUT2D eigenvalue weighted by atomic mass is 35.5. The van der Waals surface area contributed by atoms with Crippen LogP contribution < -0.4 is 0 Å². The number of aromatic nitrogens is 1. The van der Waals surface area contributed by atoms with E-state index in [1.165, 1.54) is 0 Å². The van der Waals surface area contributed by atoms with Crippen LogP contribution in [0, 0.1) is 0 Å². The van der Waals surface area contributed by atoms with Gasteiger partial charge in [-0.05, 0) is 12.1 Å². The second kappa shape index (κ2) is 3.66. The summed E-state index contributed by atoms with van der Waals surface area (Å²) in [7, 11) is 0. The zero-order valence-corrected chi connectivity index (χ0v) is 6.92. The van der Waals surface area contributed by atoms with E-state index in [0.29, 0.717) is 0 Å². The third kappa shape index (κ3) is 2.35. The summed E-state index contributed by atoms with van der Waals surface area (Å²) in [5.41, 5.74) is -1.12. The molecule has 0 bridgehead atoms. The predicted molar refractivity (Wildman–Crippen MR) is 41.2 cm³/mol. The van der Waals surface area contributed by atoms with Crippen LogP contribution in [0.3, 0.4) is 0 Å². The summed E-state index contributed by atoms with van der Waals surface area (Å²) in [6.45, 7) is 0. The molecule has 1 heterocycles. The van der Waals surface area contributed by atoms with Crippen LogP contribution in [0.15, 0.2) is 12.1 Å². The number of halogens is 3. The standard InChI is InChI=1S/C7H4ClF2NO2/c8-3-1-4(6(9)10)11-5(2-3)7(12)13/h1-2,6H,(H,12,13). The van der Waals surface area contributed by atoms with E-state index >= 15 is 0 Å². The number of nitrogens with zero attached hydrogens (tertiary/aromatic N) is 1. The van der Waals surface area contributed by atoms with E-state index < -0.39 is 23.8 Å². The molecule has 0 spiro atoms. The van der Waals surface area contributed by atoms with Gasteiger partial charge in [0.15, 0.2) is 0 Å². The monoisotopic (exact) mass is 207 g/mol. The fourth-order valence-corrected chi connectivity index (χ4v) is 0.954. The summed E-state index contributed by atoms with van der Waals surface area (Å²) in [5, 5.41) is 8.38. The minimum Gasteiger partial charge on any atom is -0.477 e. The fourth-order valence-electron chi connectivity index (χ4n) is 0.739. The van der Waals surface area contributed by atoms with Crippen molar-refractivity contribution in [3.63, 3.8) is 0 Å². The number of carbonyl (C=O) groups is 1. The van der Waals surface area contributed by atoms with Crippen molar-refractivity contribution in [3.8, 4) is 0 Å². The Bertz CT molecular complexity index is 343. The van der Waals surface area contributed by atoms with E-state index in [-0.39, 0.29) is 5.02 Å².